The fraction of sp³-hybridized carbons (Fsp3) is 0.0500. The summed E-state index contributed by atoms with van der Waals surface area (Å²) in [6.45, 7) is 0. The van der Waals surface area contributed by atoms with E-state index < -0.39 is 5.82 Å². The van der Waals surface area contributed by atoms with Gasteiger partial charge in [0, 0.05) is 24.5 Å². The van der Waals surface area contributed by atoms with Gasteiger partial charge in [-0.3, -0.25) is 0 Å². The summed E-state index contributed by atoms with van der Waals surface area (Å²) < 4.78 is 15.4. The predicted octanol–water partition coefficient (Wildman–Crippen LogP) is 5.05. The SMILES string of the molecule is Cn1cc(-c2nc3ccccc3[nH]2)c2c(Nc3ccc(F)c(Cl)c3)ncnc21. The van der Waals surface area contributed by atoms with E-state index in [0.29, 0.717) is 11.5 Å². The van der Waals surface area contributed by atoms with Crippen LogP contribution in [-0.4, -0.2) is 24.5 Å². The number of hydrogen-bond donors (Lipinski definition) is 2. The molecule has 0 aliphatic carbocycles. The second-order valence-corrected chi connectivity index (χ2v) is 6.84. The lowest BCUT2D eigenvalue weighted by atomic mass is 10.2. The molecule has 28 heavy (non-hydrogen) atoms. The number of H-pyrrole nitrogens is 1. The van der Waals surface area contributed by atoms with E-state index >= 15 is 0 Å². The highest BCUT2D eigenvalue weighted by Gasteiger charge is 2.18. The molecule has 138 valence electrons. The number of benzene rings is 2. The molecule has 5 rings (SSSR count). The van der Waals surface area contributed by atoms with Crippen LogP contribution in [0.5, 0.6) is 0 Å². The standard InChI is InChI=1S/C20H14ClFN6/c1-28-9-12(18-26-15-4-2-3-5-16(15)27-18)17-19(23-10-24-20(17)28)25-11-6-7-14(22)13(21)8-11/h2-10H,1H3,(H,26,27)(H,23,24,25). The molecule has 0 aliphatic heterocycles. The molecule has 0 radical (unpaired) electrons. The minimum Gasteiger partial charge on any atom is -0.339 e. The molecule has 3 aromatic heterocycles. The van der Waals surface area contributed by atoms with E-state index in [0.717, 1.165) is 33.5 Å². The number of rotatable bonds is 3. The molecular weight excluding hydrogens is 379 g/mol. The summed E-state index contributed by atoms with van der Waals surface area (Å²) in [5, 5.41) is 4.07. The summed E-state index contributed by atoms with van der Waals surface area (Å²) in [6, 6.07) is 12.3. The third kappa shape index (κ3) is 2.68. The first-order chi connectivity index (χ1) is 13.6. The van der Waals surface area contributed by atoms with Crippen molar-refractivity contribution >= 4 is 45.2 Å². The number of hydrogen-bond acceptors (Lipinski definition) is 4. The Morgan fingerprint density at radius 1 is 1.14 bits per heavy atom. The maximum Gasteiger partial charge on any atom is 0.145 e. The molecule has 0 atom stereocenters. The van der Waals surface area contributed by atoms with Crippen LogP contribution in [0.3, 0.4) is 0 Å². The monoisotopic (exact) mass is 392 g/mol. The normalized spacial score (nSPS) is 11.4. The quantitative estimate of drug-likeness (QED) is 0.451. The number of nitrogens with zero attached hydrogens (tertiary/aromatic N) is 4. The number of para-hydroxylation sites is 2. The summed E-state index contributed by atoms with van der Waals surface area (Å²) >= 11 is 5.91. The average Bonchev–Trinajstić information content (AvgIpc) is 3.27. The molecule has 5 aromatic rings. The first-order valence-corrected chi connectivity index (χ1v) is 8.95. The second kappa shape index (κ2) is 6.31. The van der Waals surface area contributed by atoms with Gasteiger partial charge in [0.1, 0.15) is 29.4 Å². The van der Waals surface area contributed by atoms with Crippen LogP contribution in [0.1, 0.15) is 0 Å². The summed E-state index contributed by atoms with van der Waals surface area (Å²) in [6.07, 6.45) is 3.44. The van der Waals surface area contributed by atoms with Crippen molar-refractivity contribution < 1.29 is 4.39 Å². The first kappa shape index (κ1) is 16.7. The van der Waals surface area contributed by atoms with Gasteiger partial charge in [0.2, 0.25) is 0 Å². The van der Waals surface area contributed by atoms with Gasteiger partial charge in [-0.05, 0) is 30.3 Å². The molecule has 6 nitrogen and oxygen atoms in total. The van der Waals surface area contributed by atoms with Gasteiger partial charge >= 0.3 is 0 Å². The fourth-order valence-corrected chi connectivity index (χ4v) is 3.46. The Labute approximate surface area is 164 Å². The molecule has 8 heteroatoms. The highest BCUT2D eigenvalue weighted by Crippen LogP contribution is 2.34. The number of imidazole rings is 1. The lowest BCUT2D eigenvalue weighted by molar-refractivity contribution is 0.628. The zero-order valence-corrected chi connectivity index (χ0v) is 15.5. The van der Waals surface area contributed by atoms with Gasteiger partial charge in [-0.25, -0.2) is 19.3 Å². The molecule has 2 aromatic carbocycles. The summed E-state index contributed by atoms with van der Waals surface area (Å²) in [7, 11) is 1.92. The van der Waals surface area contributed by atoms with Gasteiger partial charge in [-0.15, -0.1) is 0 Å². The zero-order valence-electron chi connectivity index (χ0n) is 14.7. The Hall–Kier alpha value is -3.45. The van der Waals surface area contributed by atoms with Gasteiger partial charge in [-0.1, -0.05) is 23.7 Å². The molecule has 0 fully saturated rings. The fourth-order valence-electron chi connectivity index (χ4n) is 3.28. The van der Waals surface area contributed by atoms with Crippen LogP contribution in [0.4, 0.5) is 15.9 Å². The molecule has 0 unspecified atom stereocenters. The highest BCUT2D eigenvalue weighted by atomic mass is 35.5. The minimum atomic E-state index is -0.470. The van der Waals surface area contributed by atoms with Gasteiger partial charge in [0.05, 0.1) is 21.4 Å². The van der Waals surface area contributed by atoms with Crippen molar-refractivity contribution in [2.24, 2.45) is 7.05 Å². The van der Waals surface area contributed by atoms with Crippen molar-refractivity contribution in [3.8, 4) is 11.4 Å². The highest BCUT2D eigenvalue weighted by molar-refractivity contribution is 6.31. The van der Waals surface area contributed by atoms with Crippen LogP contribution in [0.25, 0.3) is 33.5 Å². The number of nitrogens with one attached hydrogen (secondary N) is 2. The summed E-state index contributed by atoms with van der Waals surface area (Å²) in [4.78, 5) is 16.8. The average molecular weight is 393 g/mol. The van der Waals surface area contributed by atoms with E-state index in [4.69, 9.17) is 16.6 Å². The van der Waals surface area contributed by atoms with Crippen molar-refractivity contribution in [1.82, 2.24) is 24.5 Å². The van der Waals surface area contributed by atoms with E-state index in [1.165, 1.54) is 18.5 Å². The molecule has 3 heterocycles. The number of anilines is 2. The van der Waals surface area contributed by atoms with Gasteiger partial charge < -0.3 is 14.9 Å². The molecule has 0 spiro atoms. The van der Waals surface area contributed by atoms with Crippen molar-refractivity contribution in [3.63, 3.8) is 0 Å². The molecule has 0 saturated carbocycles. The third-order valence-electron chi connectivity index (χ3n) is 4.58. The van der Waals surface area contributed by atoms with Crippen molar-refractivity contribution in [3.05, 3.63) is 65.8 Å². The Morgan fingerprint density at radius 3 is 2.82 bits per heavy atom. The molecular formula is C20H14ClFN6. The lowest BCUT2D eigenvalue weighted by Gasteiger charge is -2.08. The maximum atomic E-state index is 13.5. The molecule has 0 saturated heterocycles. The van der Waals surface area contributed by atoms with Crippen LogP contribution in [-0.2, 0) is 7.05 Å². The minimum absolute atomic E-state index is 0.0425. The van der Waals surface area contributed by atoms with E-state index in [2.05, 4.69) is 20.3 Å². The van der Waals surface area contributed by atoms with E-state index in [9.17, 15) is 4.39 Å². The van der Waals surface area contributed by atoms with Gasteiger partial charge in [0.25, 0.3) is 0 Å². The number of aromatic nitrogens is 5. The Bertz CT molecular complexity index is 1310. The number of halogens is 2. The maximum absolute atomic E-state index is 13.5. The van der Waals surface area contributed by atoms with E-state index in [-0.39, 0.29) is 5.02 Å². The van der Waals surface area contributed by atoms with E-state index in [1.54, 1.807) is 6.07 Å². The van der Waals surface area contributed by atoms with Crippen molar-refractivity contribution in [1.29, 1.82) is 0 Å². The van der Waals surface area contributed by atoms with Crippen LogP contribution in [0.15, 0.2) is 55.0 Å². The van der Waals surface area contributed by atoms with Crippen molar-refractivity contribution in [2.75, 3.05) is 5.32 Å². The molecule has 2 N–H and O–H groups in total. The van der Waals surface area contributed by atoms with E-state index in [1.807, 2.05) is 42.1 Å². The molecule has 0 aliphatic rings. The van der Waals surface area contributed by atoms with Crippen LogP contribution >= 0.6 is 11.6 Å². The Balaban J connectivity index is 1.69. The smallest absolute Gasteiger partial charge is 0.145 e. The number of aryl methyl sites for hydroxylation is 1. The Morgan fingerprint density at radius 2 is 2.00 bits per heavy atom. The molecule has 0 amide bonds. The molecule has 0 bridgehead atoms. The van der Waals surface area contributed by atoms with Gasteiger partial charge in [-0.2, -0.15) is 0 Å². The summed E-state index contributed by atoms with van der Waals surface area (Å²) in [5.41, 5.74) is 4.08. The van der Waals surface area contributed by atoms with Crippen LogP contribution < -0.4 is 5.32 Å². The first-order valence-electron chi connectivity index (χ1n) is 8.57. The van der Waals surface area contributed by atoms with Crippen LogP contribution in [0.2, 0.25) is 5.02 Å². The second-order valence-electron chi connectivity index (χ2n) is 6.43. The number of fused-ring (bicyclic) bond motifs is 2. The van der Waals surface area contributed by atoms with Crippen LogP contribution in [0, 0.1) is 5.82 Å². The largest absolute Gasteiger partial charge is 0.339 e. The van der Waals surface area contributed by atoms with Gasteiger partial charge in [0.15, 0.2) is 0 Å². The number of aromatic amines is 1. The topological polar surface area (TPSA) is 71.4 Å². The third-order valence-corrected chi connectivity index (χ3v) is 4.87. The zero-order chi connectivity index (χ0) is 19.3. The Kier molecular flexibility index (Phi) is 3.77. The summed E-state index contributed by atoms with van der Waals surface area (Å²) in [5.74, 6) is 0.841. The lowest BCUT2D eigenvalue weighted by Crippen LogP contribution is -1.97. The predicted molar refractivity (Wildman–Crippen MR) is 108 cm³/mol. The van der Waals surface area contributed by atoms with Crippen molar-refractivity contribution in [2.45, 2.75) is 0 Å².